The lowest BCUT2D eigenvalue weighted by atomic mass is 9.75. The Morgan fingerprint density at radius 3 is 2.64 bits per heavy atom. The van der Waals surface area contributed by atoms with Crippen LogP contribution in [0.4, 0.5) is 10.5 Å². The molecule has 1 saturated heterocycles. The quantitative estimate of drug-likeness (QED) is 0.669. The van der Waals surface area contributed by atoms with E-state index in [0.29, 0.717) is 19.6 Å². The number of rotatable bonds is 2. The minimum Gasteiger partial charge on any atom is -0.351 e. The summed E-state index contributed by atoms with van der Waals surface area (Å²) in [4.78, 5) is 32.8. The number of nitrogens with zero attached hydrogens (tertiary/aromatic N) is 3. The summed E-state index contributed by atoms with van der Waals surface area (Å²) in [5.74, 6) is -0.00643. The molecule has 140 valence electrons. The number of hydrogen-bond donors (Lipinski definition) is 1. The predicted octanol–water partition coefficient (Wildman–Crippen LogP) is 3.18. The fourth-order valence-corrected chi connectivity index (χ4v) is 4.84. The molecule has 1 spiro atoms. The van der Waals surface area contributed by atoms with Gasteiger partial charge in [-0.15, -0.1) is 0 Å². The van der Waals surface area contributed by atoms with Gasteiger partial charge in [-0.05, 0) is 32.9 Å². The van der Waals surface area contributed by atoms with Crippen molar-refractivity contribution in [1.82, 2.24) is 9.88 Å². The number of halogens is 1. The molecule has 2 N–H and O–H groups in total. The van der Waals surface area contributed by atoms with Gasteiger partial charge in [0.05, 0.1) is 12.2 Å². The van der Waals surface area contributed by atoms with Crippen LogP contribution in [0.2, 0.25) is 0 Å². The number of amides is 3. The molecule has 0 unspecified atom stereocenters. The second-order valence-corrected chi connectivity index (χ2v) is 8.08. The fraction of sp³-hybridized carbons (Fsp3) is 0.190. The molecule has 0 atom stereocenters. The lowest BCUT2D eigenvalue weighted by Gasteiger charge is -2.45. The first-order valence-electron chi connectivity index (χ1n) is 8.99. The van der Waals surface area contributed by atoms with Gasteiger partial charge < -0.3 is 15.5 Å². The van der Waals surface area contributed by atoms with Crippen molar-refractivity contribution in [3.63, 3.8) is 0 Å². The third-order valence-corrected chi connectivity index (χ3v) is 6.60. The first-order valence-corrected chi connectivity index (χ1v) is 9.78. The summed E-state index contributed by atoms with van der Waals surface area (Å²) in [5, 5.41) is 2.10. The SMILES string of the molecule is NC(=O)N1CC2(C1)C(=O)N(Cc1ncc3ccccc3c1Br)c1ccccc12. The number of aromatic nitrogens is 1. The number of para-hydroxylation sites is 1. The first kappa shape index (κ1) is 17.2. The number of anilines is 1. The van der Waals surface area contributed by atoms with Crippen LogP contribution >= 0.6 is 15.9 Å². The highest BCUT2D eigenvalue weighted by molar-refractivity contribution is 9.10. The van der Waals surface area contributed by atoms with Crippen LogP contribution in [0, 0.1) is 0 Å². The summed E-state index contributed by atoms with van der Waals surface area (Å²) in [5.41, 5.74) is 7.31. The smallest absolute Gasteiger partial charge is 0.314 e. The lowest BCUT2D eigenvalue weighted by molar-refractivity contribution is -0.127. The maximum absolute atomic E-state index is 13.4. The van der Waals surface area contributed by atoms with Gasteiger partial charge in [0.2, 0.25) is 5.91 Å². The highest BCUT2D eigenvalue weighted by Gasteiger charge is 2.58. The topological polar surface area (TPSA) is 79.5 Å². The summed E-state index contributed by atoms with van der Waals surface area (Å²) in [7, 11) is 0. The maximum Gasteiger partial charge on any atom is 0.314 e. The van der Waals surface area contributed by atoms with E-state index in [0.717, 1.165) is 32.2 Å². The highest BCUT2D eigenvalue weighted by atomic mass is 79.9. The van der Waals surface area contributed by atoms with Gasteiger partial charge >= 0.3 is 6.03 Å². The molecule has 2 aliphatic heterocycles. The first-order chi connectivity index (χ1) is 13.5. The van der Waals surface area contributed by atoms with Crippen molar-refractivity contribution in [1.29, 1.82) is 0 Å². The zero-order valence-corrected chi connectivity index (χ0v) is 16.5. The molecule has 3 aromatic rings. The standard InChI is InChI=1S/C21H17BrN4O2/c22-18-14-6-2-1-5-13(14)9-24-16(18)10-26-17-8-4-3-7-15(17)21(19(26)27)11-25(12-21)20(23)28/h1-9H,10-12H2,(H2,23,28). The van der Waals surface area contributed by atoms with E-state index in [4.69, 9.17) is 5.73 Å². The molecule has 0 bridgehead atoms. The van der Waals surface area contributed by atoms with Crippen LogP contribution in [-0.4, -0.2) is 34.9 Å². The van der Waals surface area contributed by atoms with Crippen molar-refractivity contribution in [2.75, 3.05) is 18.0 Å². The van der Waals surface area contributed by atoms with Crippen LogP contribution in [0.3, 0.4) is 0 Å². The number of likely N-dealkylation sites (tertiary alicyclic amines) is 1. The number of primary amides is 1. The van der Waals surface area contributed by atoms with E-state index in [-0.39, 0.29) is 5.91 Å². The van der Waals surface area contributed by atoms with Gasteiger partial charge in [-0.25, -0.2) is 4.79 Å². The molecule has 3 amide bonds. The van der Waals surface area contributed by atoms with Crippen LogP contribution in [-0.2, 0) is 16.8 Å². The monoisotopic (exact) mass is 436 g/mol. The number of benzene rings is 2. The van der Waals surface area contributed by atoms with Gasteiger partial charge in [-0.2, -0.15) is 0 Å². The molecular formula is C21H17BrN4O2. The minimum absolute atomic E-state index is 0.00643. The molecule has 6 nitrogen and oxygen atoms in total. The Labute approximate surface area is 170 Å². The molecular weight excluding hydrogens is 420 g/mol. The van der Waals surface area contributed by atoms with E-state index in [1.165, 1.54) is 4.90 Å². The number of urea groups is 1. The fourth-order valence-electron chi connectivity index (χ4n) is 4.25. The van der Waals surface area contributed by atoms with E-state index in [2.05, 4.69) is 20.9 Å². The zero-order chi connectivity index (χ0) is 19.5. The molecule has 1 aromatic heterocycles. The number of pyridine rings is 1. The van der Waals surface area contributed by atoms with E-state index in [9.17, 15) is 9.59 Å². The Bertz CT molecular complexity index is 1140. The average molecular weight is 437 g/mol. The molecule has 5 rings (SSSR count). The van der Waals surface area contributed by atoms with Crippen molar-refractivity contribution in [3.8, 4) is 0 Å². The third kappa shape index (κ3) is 2.29. The molecule has 2 aromatic carbocycles. The Morgan fingerprint density at radius 2 is 1.86 bits per heavy atom. The van der Waals surface area contributed by atoms with E-state index in [1.807, 2.05) is 54.7 Å². The Balaban J connectivity index is 1.54. The predicted molar refractivity (Wildman–Crippen MR) is 110 cm³/mol. The molecule has 7 heteroatoms. The molecule has 0 saturated carbocycles. The zero-order valence-electron chi connectivity index (χ0n) is 14.9. The van der Waals surface area contributed by atoms with Gasteiger partial charge in [-0.1, -0.05) is 42.5 Å². The average Bonchev–Trinajstić information content (AvgIpc) is 2.91. The molecule has 3 heterocycles. The van der Waals surface area contributed by atoms with Gasteiger partial charge in [0, 0.05) is 34.8 Å². The molecule has 28 heavy (non-hydrogen) atoms. The molecule has 0 aliphatic carbocycles. The lowest BCUT2D eigenvalue weighted by Crippen LogP contribution is -2.66. The van der Waals surface area contributed by atoms with E-state index in [1.54, 1.807) is 4.90 Å². The number of nitrogens with two attached hydrogens (primary N) is 1. The van der Waals surface area contributed by atoms with Crippen LogP contribution in [0.5, 0.6) is 0 Å². The number of fused-ring (bicyclic) bond motifs is 3. The normalized spacial score (nSPS) is 17.1. The largest absolute Gasteiger partial charge is 0.351 e. The molecule has 1 fully saturated rings. The van der Waals surface area contributed by atoms with Gasteiger partial charge in [0.25, 0.3) is 0 Å². The second kappa shape index (κ2) is 6.04. The summed E-state index contributed by atoms with van der Waals surface area (Å²) >= 11 is 3.67. The molecule has 0 radical (unpaired) electrons. The molecule has 2 aliphatic rings. The van der Waals surface area contributed by atoms with Crippen LogP contribution in [0.1, 0.15) is 11.3 Å². The maximum atomic E-state index is 13.4. The van der Waals surface area contributed by atoms with Crippen molar-refractivity contribution in [2.45, 2.75) is 12.0 Å². The third-order valence-electron chi connectivity index (χ3n) is 5.72. The summed E-state index contributed by atoms with van der Waals surface area (Å²) < 4.78 is 0.893. The van der Waals surface area contributed by atoms with E-state index < -0.39 is 11.4 Å². The Morgan fingerprint density at radius 1 is 1.14 bits per heavy atom. The van der Waals surface area contributed by atoms with Gasteiger partial charge in [0.1, 0.15) is 5.41 Å². The highest BCUT2D eigenvalue weighted by Crippen LogP contribution is 2.48. The minimum atomic E-state index is -0.699. The van der Waals surface area contributed by atoms with Crippen LogP contribution in [0.25, 0.3) is 10.8 Å². The van der Waals surface area contributed by atoms with Crippen LogP contribution in [0.15, 0.2) is 59.2 Å². The van der Waals surface area contributed by atoms with Gasteiger partial charge in [0.15, 0.2) is 0 Å². The van der Waals surface area contributed by atoms with Crippen molar-refractivity contribution in [3.05, 3.63) is 70.5 Å². The number of hydrogen-bond acceptors (Lipinski definition) is 3. The van der Waals surface area contributed by atoms with Crippen molar-refractivity contribution < 1.29 is 9.59 Å². The van der Waals surface area contributed by atoms with Crippen LogP contribution < -0.4 is 10.6 Å². The van der Waals surface area contributed by atoms with Crippen molar-refractivity contribution in [2.24, 2.45) is 5.73 Å². The Kier molecular flexibility index (Phi) is 3.71. The number of carbonyl (C=O) groups excluding carboxylic acids is 2. The second-order valence-electron chi connectivity index (χ2n) is 7.29. The van der Waals surface area contributed by atoms with E-state index >= 15 is 0 Å². The van der Waals surface area contributed by atoms with Gasteiger partial charge in [-0.3, -0.25) is 9.78 Å². The number of carbonyl (C=O) groups is 2. The summed E-state index contributed by atoms with van der Waals surface area (Å²) in [6, 6.07) is 15.3. The summed E-state index contributed by atoms with van der Waals surface area (Å²) in [6.45, 7) is 1.00. The summed E-state index contributed by atoms with van der Waals surface area (Å²) in [6.07, 6.45) is 1.83. The van der Waals surface area contributed by atoms with Crippen molar-refractivity contribution >= 4 is 44.3 Å². The Hall–Kier alpha value is -2.93.